The maximum absolute atomic E-state index is 13.8. The number of para-hydroxylation sites is 1. The fourth-order valence-electron chi connectivity index (χ4n) is 4.59. The van der Waals surface area contributed by atoms with Crippen LogP contribution >= 0.6 is 11.3 Å². The molecule has 0 fully saturated rings. The molecule has 8 heteroatoms. The van der Waals surface area contributed by atoms with E-state index in [4.69, 9.17) is 9.47 Å². The van der Waals surface area contributed by atoms with Crippen molar-refractivity contribution in [3.63, 3.8) is 0 Å². The maximum atomic E-state index is 13.8. The topological polar surface area (TPSA) is 74.8 Å². The molecule has 3 heterocycles. The van der Waals surface area contributed by atoms with Crippen molar-refractivity contribution in [3.8, 4) is 5.75 Å². The lowest BCUT2D eigenvalue weighted by atomic mass is 9.96. The van der Waals surface area contributed by atoms with Gasteiger partial charge in [-0.3, -0.25) is 9.36 Å². The second-order valence-corrected chi connectivity index (χ2v) is 10.0. The molecular formula is C28H27N3O4S. The molecule has 1 aliphatic heterocycles. The highest BCUT2D eigenvalue weighted by molar-refractivity contribution is 7.07. The molecule has 0 unspecified atom stereocenters. The first-order valence-corrected chi connectivity index (χ1v) is 12.5. The van der Waals surface area contributed by atoms with Gasteiger partial charge in [0.1, 0.15) is 5.75 Å². The van der Waals surface area contributed by atoms with Gasteiger partial charge in [0.25, 0.3) is 5.56 Å². The Balaban J connectivity index is 1.73. The zero-order valence-electron chi connectivity index (χ0n) is 20.8. The van der Waals surface area contributed by atoms with E-state index in [0.29, 0.717) is 26.4 Å². The van der Waals surface area contributed by atoms with Gasteiger partial charge < -0.3 is 14.0 Å². The van der Waals surface area contributed by atoms with E-state index >= 15 is 0 Å². The molecule has 5 rings (SSSR count). The van der Waals surface area contributed by atoms with Crippen molar-refractivity contribution in [3.05, 3.63) is 96.8 Å². The number of allylic oxidation sites excluding steroid dienone is 1. The number of hydrogen-bond acceptors (Lipinski definition) is 6. The number of carbonyl (C=O) groups is 1. The first kappa shape index (κ1) is 23.8. The number of hydrogen-bond donors (Lipinski definition) is 0. The molecule has 1 atom stereocenters. The van der Waals surface area contributed by atoms with E-state index in [1.54, 1.807) is 32.4 Å². The second kappa shape index (κ2) is 9.28. The van der Waals surface area contributed by atoms with Gasteiger partial charge in [-0.25, -0.2) is 9.79 Å². The highest BCUT2D eigenvalue weighted by Gasteiger charge is 2.33. The van der Waals surface area contributed by atoms with Crippen molar-refractivity contribution >= 4 is 34.3 Å². The van der Waals surface area contributed by atoms with Crippen LogP contribution in [0.1, 0.15) is 37.9 Å². The van der Waals surface area contributed by atoms with Crippen LogP contribution in [0.3, 0.4) is 0 Å². The number of esters is 1. The molecule has 0 amide bonds. The van der Waals surface area contributed by atoms with Gasteiger partial charge in [0.2, 0.25) is 0 Å². The van der Waals surface area contributed by atoms with Crippen molar-refractivity contribution in [2.24, 2.45) is 12.0 Å². The number of thiazole rings is 1. The molecular weight excluding hydrogens is 474 g/mol. The van der Waals surface area contributed by atoms with E-state index in [2.05, 4.69) is 4.99 Å². The number of aryl methyl sites for hydroxylation is 1. The van der Waals surface area contributed by atoms with E-state index in [9.17, 15) is 9.59 Å². The molecule has 2 aromatic heterocycles. The molecule has 0 spiro atoms. The van der Waals surface area contributed by atoms with E-state index in [1.807, 2.05) is 72.4 Å². The second-order valence-electron chi connectivity index (χ2n) is 9.02. The van der Waals surface area contributed by atoms with Crippen LogP contribution in [0.5, 0.6) is 5.75 Å². The molecule has 36 heavy (non-hydrogen) atoms. The summed E-state index contributed by atoms with van der Waals surface area (Å²) in [5, 5.41) is 1.06. The van der Waals surface area contributed by atoms with Gasteiger partial charge in [-0.2, -0.15) is 0 Å². The van der Waals surface area contributed by atoms with Crippen LogP contribution in [-0.4, -0.2) is 28.3 Å². The molecule has 184 valence electrons. The maximum Gasteiger partial charge on any atom is 0.338 e. The number of rotatable bonds is 5. The summed E-state index contributed by atoms with van der Waals surface area (Å²) >= 11 is 1.32. The van der Waals surface area contributed by atoms with Crippen LogP contribution < -0.4 is 19.6 Å². The number of aromatic nitrogens is 2. The zero-order chi connectivity index (χ0) is 25.6. The van der Waals surface area contributed by atoms with Crippen molar-refractivity contribution in [2.45, 2.75) is 32.9 Å². The SMILES string of the molecule is COc1ccc([C@H]2C(C(=O)OC(C)C)=C(C)N=c3s/c(=C/c4cn(C)c5ccccc45)c(=O)n32)cc1. The lowest BCUT2D eigenvalue weighted by molar-refractivity contribution is -0.143. The predicted octanol–water partition coefficient (Wildman–Crippen LogP) is 3.69. The first-order chi connectivity index (χ1) is 17.3. The normalized spacial score (nSPS) is 15.8. The molecule has 0 N–H and O–H groups in total. The molecule has 0 radical (unpaired) electrons. The summed E-state index contributed by atoms with van der Waals surface area (Å²) in [7, 11) is 3.59. The Labute approximate surface area is 212 Å². The molecule has 0 bridgehead atoms. The summed E-state index contributed by atoms with van der Waals surface area (Å²) in [5.74, 6) is 0.213. The minimum Gasteiger partial charge on any atom is -0.497 e. The van der Waals surface area contributed by atoms with E-state index < -0.39 is 12.0 Å². The van der Waals surface area contributed by atoms with Gasteiger partial charge in [-0.05, 0) is 50.6 Å². The highest BCUT2D eigenvalue weighted by Crippen LogP contribution is 2.32. The lowest BCUT2D eigenvalue weighted by Crippen LogP contribution is -2.40. The molecule has 7 nitrogen and oxygen atoms in total. The first-order valence-electron chi connectivity index (χ1n) is 11.7. The summed E-state index contributed by atoms with van der Waals surface area (Å²) in [6.45, 7) is 5.39. The number of fused-ring (bicyclic) bond motifs is 2. The molecule has 0 saturated heterocycles. The molecule has 4 aromatic rings. The van der Waals surface area contributed by atoms with Gasteiger partial charge in [0.05, 0.1) is 35.1 Å². The fraction of sp³-hybridized carbons (Fsp3) is 0.250. The smallest absolute Gasteiger partial charge is 0.338 e. The summed E-state index contributed by atoms with van der Waals surface area (Å²) in [4.78, 5) is 32.3. The molecule has 2 aromatic carbocycles. The summed E-state index contributed by atoms with van der Waals surface area (Å²) in [6, 6.07) is 14.8. The van der Waals surface area contributed by atoms with Crippen LogP contribution in [0.4, 0.5) is 0 Å². The van der Waals surface area contributed by atoms with Gasteiger partial charge in [-0.15, -0.1) is 0 Å². The number of methoxy groups -OCH3 is 1. The van der Waals surface area contributed by atoms with Gasteiger partial charge >= 0.3 is 5.97 Å². The predicted molar refractivity (Wildman–Crippen MR) is 141 cm³/mol. The van der Waals surface area contributed by atoms with Crippen LogP contribution in [0.2, 0.25) is 0 Å². The van der Waals surface area contributed by atoms with Gasteiger partial charge in [0, 0.05) is 29.7 Å². The van der Waals surface area contributed by atoms with E-state index in [0.717, 1.165) is 22.0 Å². The molecule has 0 saturated carbocycles. The van der Waals surface area contributed by atoms with Crippen molar-refractivity contribution < 1.29 is 14.3 Å². The minimum atomic E-state index is -0.659. The van der Waals surface area contributed by atoms with Gasteiger partial charge in [-0.1, -0.05) is 41.7 Å². The van der Waals surface area contributed by atoms with Crippen molar-refractivity contribution in [2.75, 3.05) is 7.11 Å². The zero-order valence-corrected chi connectivity index (χ0v) is 21.6. The van der Waals surface area contributed by atoms with Crippen LogP contribution in [0.15, 0.2) is 75.8 Å². The Bertz CT molecular complexity index is 1690. The Morgan fingerprint density at radius 2 is 1.86 bits per heavy atom. The Morgan fingerprint density at radius 3 is 2.56 bits per heavy atom. The van der Waals surface area contributed by atoms with Gasteiger partial charge in [0.15, 0.2) is 4.80 Å². The fourth-order valence-corrected chi connectivity index (χ4v) is 5.63. The van der Waals surface area contributed by atoms with Crippen LogP contribution in [0.25, 0.3) is 17.0 Å². The molecule has 0 aliphatic carbocycles. The van der Waals surface area contributed by atoms with Crippen LogP contribution in [0, 0.1) is 0 Å². The lowest BCUT2D eigenvalue weighted by Gasteiger charge is -2.25. The summed E-state index contributed by atoms with van der Waals surface area (Å²) in [5.41, 5.74) is 3.52. The average Bonchev–Trinajstić information content (AvgIpc) is 3.34. The summed E-state index contributed by atoms with van der Waals surface area (Å²) < 4.78 is 15.1. The number of benzene rings is 2. The Kier molecular flexibility index (Phi) is 6.14. The highest BCUT2D eigenvalue weighted by atomic mass is 32.1. The average molecular weight is 502 g/mol. The quantitative estimate of drug-likeness (QED) is 0.391. The number of carbonyl (C=O) groups excluding carboxylic acids is 1. The van der Waals surface area contributed by atoms with Crippen LogP contribution in [-0.2, 0) is 16.6 Å². The number of nitrogens with zero attached hydrogens (tertiary/aromatic N) is 3. The monoisotopic (exact) mass is 501 g/mol. The molecule has 1 aliphatic rings. The van der Waals surface area contributed by atoms with Crippen molar-refractivity contribution in [1.29, 1.82) is 0 Å². The van der Waals surface area contributed by atoms with E-state index in [-0.39, 0.29) is 11.7 Å². The minimum absolute atomic E-state index is 0.199. The Hall–Kier alpha value is -3.91. The van der Waals surface area contributed by atoms with Crippen molar-refractivity contribution in [1.82, 2.24) is 9.13 Å². The third-order valence-corrected chi connectivity index (χ3v) is 7.21. The number of ether oxygens (including phenoxy) is 2. The summed E-state index contributed by atoms with van der Waals surface area (Å²) in [6.07, 6.45) is 3.62. The third-order valence-electron chi connectivity index (χ3n) is 6.23. The largest absolute Gasteiger partial charge is 0.497 e. The third kappa shape index (κ3) is 4.07. The standard InChI is InChI=1S/C28H27N3O4S/c1-16(2)35-27(33)24-17(3)29-28-31(25(24)18-10-12-20(34-5)13-11-18)26(32)23(36-28)14-19-15-30(4)22-9-7-6-8-21(19)22/h6-16,25H,1-5H3/b23-14+/t25-/m0/s1. The van der Waals surface area contributed by atoms with E-state index in [1.165, 1.54) is 11.3 Å². The Morgan fingerprint density at radius 1 is 1.14 bits per heavy atom.